The lowest BCUT2D eigenvalue weighted by Crippen LogP contribution is -2.05. The first-order valence-electron chi connectivity index (χ1n) is 9.39. The monoisotopic (exact) mass is 575 g/mol. The summed E-state index contributed by atoms with van der Waals surface area (Å²) >= 11 is 20.6. The maximum atomic E-state index is 6.27. The van der Waals surface area contributed by atoms with Crippen LogP contribution in [0.5, 0.6) is 11.5 Å². The van der Waals surface area contributed by atoms with Crippen molar-refractivity contribution in [1.82, 2.24) is 0 Å². The van der Waals surface area contributed by atoms with Gasteiger partial charge in [0, 0.05) is 32.9 Å². The Kier molecular flexibility index (Phi) is 8.40. The van der Waals surface area contributed by atoms with E-state index in [-0.39, 0.29) is 0 Å². The summed E-state index contributed by atoms with van der Waals surface area (Å²) in [6.07, 6.45) is 0. The Morgan fingerprint density at radius 2 is 1.67 bits per heavy atom. The summed E-state index contributed by atoms with van der Waals surface area (Å²) < 4.78 is 12.9. The quantitative estimate of drug-likeness (QED) is 0.275. The molecule has 0 aliphatic carbocycles. The van der Waals surface area contributed by atoms with Gasteiger partial charge < -0.3 is 14.8 Å². The van der Waals surface area contributed by atoms with Crippen molar-refractivity contribution in [1.29, 1.82) is 0 Å². The predicted molar refractivity (Wildman–Crippen MR) is 135 cm³/mol. The van der Waals surface area contributed by atoms with Crippen LogP contribution in [-0.4, -0.2) is 6.61 Å². The fourth-order valence-electron chi connectivity index (χ4n) is 2.90. The molecule has 0 bridgehead atoms. The molecule has 0 spiro atoms. The maximum absolute atomic E-state index is 6.27. The van der Waals surface area contributed by atoms with E-state index in [0.29, 0.717) is 46.3 Å². The van der Waals surface area contributed by atoms with Gasteiger partial charge in [-0.05, 0) is 84.0 Å². The van der Waals surface area contributed by atoms with Gasteiger partial charge in [0.25, 0.3) is 0 Å². The lowest BCUT2D eigenvalue weighted by molar-refractivity contribution is 0.267. The van der Waals surface area contributed by atoms with Gasteiger partial charge in [-0.25, -0.2) is 0 Å². The molecule has 1 N–H and O–H groups in total. The van der Waals surface area contributed by atoms with E-state index in [4.69, 9.17) is 44.3 Å². The molecule has 0 heterocycles. The molecule has 158 valence electrons. The predicted octanol–water partition coefficient (Wildman–Crippen LogP) is 8.15. The van der Waals surface area contributed by atoms with Crippen LogP contribution in [0.4, 0.5) is 5.69 Å². The molecule has 3 rings (SSSR count). The van der Waals surface area contributed by atoms with E-state index >= 15 is 0 Å². The molecule has 3 aromatic rings. The first kappa shape index (κ1) is 23.3. The number of ether oxygens (including phenoxy) is 2. The molecular weight excluding hydrogens is 556 g/mol. The highest BCUT2D eigenvalue weighted by Crippen LogP contribution is 2.36. The smallest absolute Gasteiger partial charge is 0.174 e. The molecule has 0 radical (unpaired) electrons. The van der Waals surface area contributed by atoms with Crippen LogP contribution in [0.15, 0.2) is 48.5 Å². The van der Waals surface area contributed by atoms with Crippen LogP contribution in [0.3, 0.4) is 0 Å². The molecule has 0 amide bonds. The van der Waals surface area contributed by atoms with Crippen molar-refractivity contribution in [3.8, 4) is 11.5 Å². The standard InChI is InChI=1S/C23H21Cl3INO2/c1-3-29-22-9-15(12-28-21-11-18(25)6-4-14(21)2)8-20(27)23(22)30-13-16-5-7-17(24)10-19(16)26/h4-11,28H,3,12-13H2,1-2H3. The SMILES string of the molecule is CCOc1cc(CNc2cc(Cl)ccc2C)cc(I)c1OCc1ccc(Cl)cc1Cl. The van der Waals surface area contributed by atoms with Crippen LogP contribution >= 0.6 is 57.4 Å². The topological polar surface area (TPSA) is 30.5 Å². The van der Waals surface area contributed by atoms with E-state index in [1.807, 2.05) is 44.2 Å². The van der Waals surface area contributed by atoms with Gasteiger partial charge in [-0.15, -0.1) is 0 Å². The van der Waals surface area contributed by atoms with E-state index in [1.165, 1.54) is 0 Å². The number of nitrogens with one attached hydrogen (secondary N) is 1. The van der Waals surface area contributed by atoms with E-state index < -0.39 is 0 Å². The van der Waals surface area contributed by atoms with Crippen LogP contribution in [0, 0.1) is 10.5 Å². The number of aryl methyl sites for hydroxylation is 1. The molecule has 0 aliphatic rings. The summed E-state index contributed by atoms with van der Waals surface area (Å²) in [4.78, 5) is 0. The summed E-state index contributed by atoms with van der Waals surface area (Å²) in [5, 5.41) is 5.32. The second kappa shape index (κ2) is 10.8. The normalized spacial score (nSPS) is 10.7. The van der Waals surface area contributed by atoms with E-state index in [1.54, 1.807) is 12.1 Å². The molecule has 0 aliphatic heterocycles. The second-order valence-electron chi connectivity index (χ2n) is 6.68. The maximum Gasteiger partial charge on any atom is 0.174 e. The average Bonchev–Trinajstić information content (AvgIpc) is 2.69. The summed E-state index contributed by atoms with van der Waals surface area (Å²) in [7, 11) is 0. The van der Waals surface area contributed by atoms with Crippen LogP contribution < -0.4 is 14.8 Å². The fraction of sp³-hybridized carbons (Fsp3) is 0.217. The number of hydrogen-bond acceptors (Lipinski definition) is 3. The lowest BCUT2D eigenvalue weighted by atomic mass is 10.1. The Morgan fingerprint density at radius 1 is 0.933 bits per heavy atom. The van der Waals surface area contributed by atoms with Gasteiger partial charge in [-0.1, -0.05) is 46.9 Å². The molecule has 3 aromatic carbocycles. The minimum atomic E-state index is 0.325. The third kappa shape index (κ3) is 6.10. The Hall–Kier alpha value is -1.34. The molecule has 0 aromatic heterocycles. The first-order valence-corrected chi connectivity index (χ1v) is 11.6. The Morgan fingerprint density at radius 3 is 2.40 bits per heavy atom. The van der Waals surface area contributed by atoms with Crippen molar-refractivity contribution in [2.24, 2.45) is 0 Å². The van der Waals surface area contributed by atoms with Gasteiger partial charge in [0.05, 0.1) is 10.2 Å². The van der Waals surface area contributed by atoms with Crippen molar-refractivity contribution in [3.05, 3.63) is 83.9 Å². The van der Waals surface area contributed by atoms with E-state index in [9.17, 15) is 0 Å². The van der Waals surface area contributed by atoms with E-state index in [0.717, 1.165) is 25.9 Å². The van der Waals surface area contributed by atoms with E-state index in [2.05, 4.69) is 34.0 Å². The number of halogens is 4. The molecule has 0 unspecified atom stereocenters. The zero-order valence-electron chi connectivity index (χ0n) is 16.6. The van der Waals surface area contributed by atoms with Crippen LogP contribution in [0.25, 0.3) is 0 Å². The van der Waals surface area contributed by atoms with Gasteiger partial charge in [-0.3, -0.25) is 0 Å². The molecular formula is C23H21Cl3INO2. The number of benzene rings is 3. The lowest BCUT2D eigenvalue weighted by Gasteiger charge is -2.17. The van der Waals surface area contributed by atoms with Crippen molar-refractivity contribution in [2.75, 3.05) is 11.9 Å². The van der Waals surface area contributed by atoms with Crippen LogP contribution in [0.2, 0.25) is 15.1 Å². The minimum absolute atomic E-state index is 0.325. The van der Waals surface area contributed by atoms with Crippen LogP contribution in [0.1, 0.15) is 23.6 Å². The van der Waals surface area contributed by atoms with Gasteiger partial charge in [0.15, 0.2) is 11.5 Å². The Bertz CT molecular complexity index is 1040. The van der Waals surface area contributed by atoms with Crippen molar-refractivity contribution >= 4 is 63.1 Å². The fourth-order valence-corrected chi connectivity index (χ4v) is 4.35. The van der Waals surface area contributed by atoms with Gasteiger partial charge in [0.1, 0.15) is 6.61 Å². The highest BCUT2D eigenvalue weighted by atomic mass is 127. The van der Waals surface area contributed by atoms with Crippen LogP contribution in [-0.2, 0) is 13.2 Å². The molecule has 0 atom stereocenters. The van der Waals surface area contributed by atoms with Gasteiger partial charge >= 0.3 is 0 Å². The van der Waals surface area contributed by atoms with Gasteiger partial charge in [0.2, 0.25) is 0 Å². The Balaban J connectivity index is 1.78. The largest absolute Gasteiger partial charge is 0.490 e. The molecule has 0 saturated carbocycles. The number of hydrogen-bond donors (Lipinski definition) is 1. The summed E-state index contributed by atoms with van der Waals surface area (Å²) in [6, 6.07) is 15.3. The summed E-state index contributed by atoms with van der Waals surface area (Å²) in [6.45, 7) is 5.50. The summed E-state index contributed by atoms with van der Waals surface area (Å²) in [5.74, 6) is 1.40. The number of rotatable bonds is 8. The second-order valence-corrected chi connectivity index (χ2v) is 9.12. The third-order valence-corrected chi connectivity index (χ3v) is 6.06. The van der Waals surface area contributed by atoms with Crippen molar-refractivity contribution in [3.63, 3.8) is 0 Å². The van der Waals surface area contributed by atoms with Gasteiger partial charge in [-0.2, -0.15) is 0 Å². The summed E-state index contributed by atoms with van der Waals surface area (Å²) in [5.41, 5.74) is 4.09. The molecule has 7 heteroatoms. The first-order chi connectivity index (χ1) is 14.4. The molecule has 3 nitrogen and oxygen atoms in total. The highest BCUT2D eigenvalue weighted by molar-refractivity contribution is 14.1. The molecule has 30 heavy (non-hydrogen) atoms. The zero-order chi connectivity index (χ0) is 21.7. The highest BCUT2D eigenvalue weighted by Gasteiger charge is 2.14. The van der Waals surface area contributed by atoms with Crippen molar-refractivity contribution < 1.29 is 9.47 Å². The Labute approximate surface area is 205 Å². The molecule has 0 fully saturated rings. The average molecular weight is 577 g/mol. The molecule has 0 saturated heterocycles. The third-order valence-electron chi connectivity index (χ3n) is 4.44. The van der Waals surface area contributed by atoms with Crippen molar-refractivity contribution in [2.45, 2.75) is 27.0 Å². The zero-order valence-corrected chi connectivity index (χ0v) is 21.0. The minimum Gasteiger partial charge on any atom is -0.490 e. The number of anilines is 1.